The number of aromatic nitrogens is 1. The fourth-order valence-electron chi connectivity index (χ4n) is 3.15. The molecule has 1 aromatic heterocycles. The molecule has 1 saturated heterocycles. The predicted molar refractivity (Wildman–Crippen MR) is 95.7 cm³/mol. The largest absolute Gasteiger partial charge is 0.492 e. The third kappa shape index (κ3) is 5.68. The molecule has 1 aliphatic carbocycles. The van der Waals surface area contributed by atoms with Crippen LogP contribution in [-0.2, 0) is 16.0 Å². The average molecular weight is 347 g/mol. The van der Waals surface area contributed by atoms with Gasteiger partial charge in [0.25, 0.3) is 0 Å². The fraction of sp³-hybridized carbons (Fsp3) is 0.684. The summed E-state index contributed by atoms with van der Waals surface area (Å²) in [6.45, 7) is 6.67. The summed E-state index contributed by atoms with van der Waals surface area (Å²) >= 11 is 0. The molecule has 0 radical (unpaired) electrons. The fourth-order valence-corrected chi connectivity index (χ4v) is 3.15. The first-order valence-corrected chi connectivity index (χ1v) is 9.29. The van der Waals surface area contributed by atoms with E-state index < -0.39 is 0 Å². The number of nitrogens with zero attached hydrogens (tertiary/aromatic N) is 3. The monoisotopic (exact) mass is 347 g/mol. The maximum atomic E-state index is 12.8. The number of morpholine rings is 1. The van der Waals surface area contributed by atoms with Gasteiger partial charge < -0.3 is 19.3 Å². The van der Waals surface area contributed by atoms with Crippen LogP contribution in [0.4, 0.5) is 0 Å². The molecule has 1 saturated carbocycles. The maximum absolute atomic E-state index is 12.8. The highest BCUT2D eigenvalue weighted by atomic mass is 16.5. The van der Waals surface area contributed by atoms with Gasteiger partial charge in [0.15, 0.2) is 0 Å². The molecule has 1 amide bonds. The zero-order valence-corrected chi connectivity index (χ0v) is 15.3. The molecular weight excluding hydrogens is 318 g/mol. The minimum absolute atomic E-state index is 0.106. The Morgan fingerprint density at radius 3 is 2.88 bits per heavy atom. The van der Waals surface area contributed by atoms with Crippen LogP contribution in [0.3, 0.4) is 0 Å². The third-order valence-corrected chi connectivity index (χ3v) is 4.74. The van der Waals surface area contributed by atoms with Crippen molar-refractivity contribution >= 4 is 5.91 Å². The average Bonchev–Trinajstić information content (AvgIpc) is 3.40. The lowest BCUT2D eigenvalue weighted by Gasteiger charge is -2.34. The molecule has 6 heteroatoms. The molecule has 3 rings (SSSR count). The minimum atomic E-state index is 0.106. The van der Waals surface area contributed by atoms with Gasteiger partial charge in [-0.2, -0.15) is 0 Å². The number of ether oxygens (including phenoxy) is 2. The van der Waals surface area contributed by atoms with Crippen molar-refractivity contribution in [3.8, 4) is 5.75 Å². The number of hydrogen-bond acceptors (Lipinski definition) is 5. The Balaban J connectivity index is 1.58. The van der Waals surface area contributed by atoms with Gasteiger partial charge in [-0.3, -0.25) is 9.78 Å². The molecule has 0 aromatic carbocycles. The smallest absolute Gasteiger partial charge is 0.228 e. The Labute approximate surface area is 150 Å². The second kappa shape index (κ2) is 8.63. The van der Waals surface area contributed by atoms with Gasteiger partial charge in [-0.15, -0.1) is 0 Å². The zero-order valence-electron chi connectivity index (χ0n) is 15.3. The van der Waals surface area contributed by atoms with E-state index in [0.717, 1.165) is 37.7 Å². The number of carbonyl (C=O) groups excluding carboxylic acids is 1. The Hall–Kier alpha value is -1.66. The first-order chi connectivity index (χ1) is 12.1. The standard InChI is InChI=1S/C19H29N3O3/c1-3-24-17-7-6-16(20-11-17)10-19(23)22(12-15-4-5-15)14-18-13-21(2)8-9-25-18/h6-7,11,15,18H,3-5,8-10,12-14H2,1-2H3. The van der Waals surface area contributed by atoms with Gasteiger partial charge in [-0.05, 0) is 44.9 Å². The van der Waals surface area contributed by atoms with E-state index in [9.17, 15) is 4.79 Å². The molecule has 1 unspecified atom stereocenters. The van der Waals surface area contributed by atoms with Crippen LogP contribution in [0.1, 0.15) is 25.5 Å². The molecular formula is C19H29N3O3. The number of amides is 1. The SMILES string of the molecule is CCOc1ccc(CC(=O)N(CC2CC2)CC2CN(C)CCO2)nc1. The lowest BCUT2D eigenvalue weighted by Crippen LogP contribution is -2.48. The van der Waals surface area contributed by atoms with Crippen molar-refractivity contribution in [1.29, 1.82) is 0 Å². The van der Waals surface area contributed by atoms with Crippen molar-refractivity contribution in [1.82, 2.24) is 14.8 Å². The molecule has 0 spiro atoms. The number of rotatable bonds is 8. The van der Waals surface area contributed by atoms with Gasteiger partial charge in [-0.25, -0.2) is 0 Å². The molecule has 1 aromatic rings. The lowest BCUT2D eigenvalue weighted by molar-refractivity contribution is -0.134. The van der Waals surface area contributed by atoms with Gasteiger partial charge >= 0.3 is 0 Å². The van der Waals surface area contributed by atoms with E-state index >= 15 is 0 Å². The molecule has 2 aliphatic rings. The van der Waals surface area contributed by atoms with Crippen LogP contribution in [-0.4, -0.2) is 73.2 Å². The summed E-state index contributed by atoms with van der Waals surface area (Å²) in [7, 11) is 2.10. The molecule has 0 N–H and O–H groups in total. The van der Waals surface area contributed by atoms with Gasteiger partial charge in [-0.1, -0.05) is 0 Å². The van der Waals surface area contributed by atoms with E-state index in [1.54, 1.807) is 6.20 Å². The molecule has 2 heterocycles. The van der Waals surface area contributed by atoms with Crippen molar-refractivity contribution in [2.24, 2.45) is 5.92 Å². The topological polar surface area (TPSA) is 54.9 Å². The summed E-state index contributed by atoms with van der Waals surface area (Å²) in [4.78, 5) is 21.4. The van der Waals surface area contributed by atoms with Crippen LogP contribution in [0.2, 0.25) is 0 Å². The Morgan fingerprint density at radius 2 is 2.24 bits per heavy atom. The molecule has 25 heavy (non-hydrogen) atoms. The van der Waals surface area contributed by atoms with E-state index in [1.807, 2.05) is 24.0 Å². The van der Waals surface area contributed by atoms with E-state index in [1.165, 1.54) is 12.8 Å². The van der Waals surface area contributed by atoms with E-state index in [0.29, 0.717) is 25.5 Å². The first-order valence-electron chi connectivity index (χ1n) is 9.29. The van der Waals surface area contributed by atoms with Crippen LogP contribution in [0.25, 0.3) is 0 Å². The summed E-state index contributed by atoms with van der Waals surface area (Å²) in [5.74, 6) is 1.55. The molecule has 2 fully saturated rings. The Bertz CT molecular complexity index is 560. The predicted octanol–water partition coefficient (Wildman–Crippen LogP) is 1.59. The summed E-state index contributed by atoms with van der Waals surface area (Å²) in [6, 6.07) is 3.76. The van der Waals surface area contributed by atoms with Gasteiger partial charge in [0.1, 0.15) is 5.75 Å². The van der Waals surface area contributed by atoms with Crippen molar-refractivity contribution in [2.45, 2.75) is 32.3 Å². The highest BCUT2D eigenvalue weighted by Crippen LogP contribution is 2.30. The quantitative estimate of drug-likeness (QED) is 0.715. The van der Waals surface area contributed by atoms with Crippen molar-refractivity contribution < 1.29 is 14.3 Å². The maximum Gasteiger partial charge on any atom is 0.228 e. The molecule has 6 nitrogen and oxygen atoms in total. The molecule has 138 valence electrons. The van der Waals surface area contributed by atoms with Gasteiger partial charge in [0, 0.05) is 31.9 Å². The van der Waals surface area contributed by atoms with Crippen molar-refractivity contribution in [2.75, 3.05) is 46.4 Å². The van der Waals surface area contributed by atoms with Crippen molar-refractivity contribution in [3.05, 3.63) is 24.0 Å². The van der Waals surface area contributed by atoms with Crippen molar-refractivity contribution in [3.63, 3.8) is 0 Å². The number of hydrogen-bond donors (Lipinski definition) is 0. The zero-order chi connectivity index (χ0) is 17.6. The van der Waals surface area contributed by atoms with E-state index in [2.05, 4.69) is 16.9 Å². The van der Waals surface area contributed by atoms with Crippen LogP contribution in [0.15, 0.2) is 18.3 Å². The highest BCUT2D eigenvalue weighted by Gasteiger charge is 2.29. The van der Waals surface area contributed by atoms with Crippen LogP contribution >= 0.6 is 0 Å². The molecule has 0 bridgehead atoms. The summed E-state index contributed by atoms with van der Waals surface area (Å²) in [5.41, 5.74) is 0.788. The number of pyridine rings is 1. The van der Waals surface area contributed by atoms with Gasteiger partial charge in [0.05, 0.1) is 31.9 Å². The summed E-state index contributed by atoms with van der Waals surface area (Å²) < 4.78 is 11.3. The van der Waals surface area contributed by atoms with E-state index in [4.69, 9.17) is 9.47 Å². The minimum Gasteiger partial charge on any atom is -0.492 e. The third-order valence-electron chi connectivity index (χ3n) is 4.74. The highest BCUT2D eigenvalue weighted by molar-refractivity contribution is 5.78. The lowest BCUT2D eigenvalue weighted by atomic mass is 10.2. The number of carbonyl (C=O) groups is 1. The Kier molecular flexibility index (Phi) is 6.26. The number of likely N-dealkylation sites (N-methyl/N-ethyl adjacent to an activating group) is 1. The molecule has 1 atom stereocenters. The second-order valence-electron chi connectivity index (χ2n) is 7.09. The Morgan fingerprint density at radius 1 is 1.40 bits per heavy atom. The second-order valence-corrected chi connectivity index (χ2v) is 7.09. The normalized spacial score (nSPS) is 21.1. The van der Waals surface area contributed by atoms with Crippen LogP contribution < -0.4 is 4.74 Å². The summed E-state index contributed by atoms with van der Waals surface area (Å²) in [6.07, 6.45) is 4.60. The van der Waals surface area contributed by atoms with Gasteiger partial charge in [0.2, 0.25) is 5.91 Å². The van der Waals surface area contributed by atoms with Crippen LogP contribution in [0, 0.1) is 5.92 Å². The first kappa shape index (κ1) is 18.1. The summed E-state index contributed by atoms with van der Waals surface area (Å²) in [5, 5.41) is 0. The van der Waals surface area contributed by atoms with Crippen LogP contribution in [0.5, 0.6) is 5.75 Å². The molecule has 1 aliphatic heterocycles. The van der Waals surface area contributed by atoms with E-state index in [-0.39, 0.29) is 12.0 Å².